The van der Waals surface area contributed by atoms with Crippen molar-refractivity contribution in [1.82, 2.24) is 0 Å². The van der Waals surface area contributed by atoms with Crippen molar-refractivity contribution < 1.29 is 16.5 Å². The van der Waals surface area contributed by atoms with Crippen LogP contribution in [0, 0.1) is 14.9 Å². The van der Waals surface area contributed by atoms with Gasteiger partial charge in [0.05, 0.1) is 0 Å². The predicted octanol–water partition coefficient (Wildman–Crippen LogP) is 6.15. The van der Waals surface area contributed by atoms with Crippen LogP contribution < -0.4 is 21.2 Å². The first-order chi connectivity index (χ1) is 13.9. The van der Waals surface area contributed by atoms with Crippen molar-refractivity contribution in [3.05, 3.63) is 136 Å². The zero-order valence-electron chi connectivity index (χ0n) is 18.2. The summed E-state index contributed by atoms with van der Waals surface area (Å²) in [4.78, 5) is 0. The Hall–Kier alpha value is -1.77. The fourth-order valence-electron chi connectivity index (χ4n) is 3.45. The standard InChI is InChI=1S/C26H24P2.2CH3.Ni/c1-5-13-23(14-6-1)27(24-15-7-2-8-16-24)21-22-28(25-17-9-3-10-18-25)26-19-11-4-12-20-26;;;/h1-20H,21-22H2;2*1H3;/q;2*-1;+2. The Morgan fingerprint density at radius 2 is 0.548 bits per heavy atom. The van der Waals surface area contributed by atoms with Crippen molar-refractivity contribution in [2.45, 2.75) is 0 Å². The topological polar surface area (TPSA) is 0 Å². The minimum absolute atomic E-state index is 0. The maximum absolute atomic E-state index is 2.30. The van der Waals surface area contributed by atoms with E-state index in [9.17, 15) is 0 Å². The van der Waals surface area contributed by atoms with E-state index in [4.69, 9.17) is 0 Å². The van der Waals surface area contributed by atoms with Crippen molar-refractivity contribution in [3.8, 4) is 0 Å². The second-order valence-electron chi connectivity index (χ2n) is 6.65. The van der Waals surface area contributed by atoms with Crippen molar-refractivity contribution in [2.75, 3.05) is 12.3 Å². The van der Waals surface area contributed by atoms with Gasteiger partial charge in [-0.25, -0.2) is 0 Å². The number of benzene rings is 4. The third-order valence-electron chi connectivity index (χ3n) is 4.82. The fraction of sp³-hybridized carbons (Fsp3) is 0.0714. The molecule has 0 radical (unpaired) electrons. The van der Waals surface area contributed by atoms with E-state index in [1.807, 2.05) is 0 Å². The Morgan fingerprint density at radius 1 is 0.355 bits per heavy atom. The monoisotopic (exact) mass is 486 g/mol. The van der Waals surface area contributed by atoms with Crippen LogP contribution in [0.4, 0.5) is 0 Å². The van der Waals surface area contributed by atoms with Gasteiger partial charge in [0.1, 0.15) is 0 Å². The maximum Gasteiger partial charge on any atom is 2.00 e. The summed E-state index contributed by atoms with van der Waals surface area (Å²) in [7, 11) is -0.696. The Bertz CT molecular complexity index is 799. The average molecular weight is 487 g/mol. The smallest absolute Gasteiger partial charge is 0.358 e. The zero-order chi connectivity index (χ0) is 19.0. The number of hydrogen-bond acceptors (Lipinski definition) is 0. The van der Waals surface area contributed by atoms with Crippen molar-refractivity contribution in [1.29, 1.82) is 0 Å². The third kappa shape index (κ3) is 7.40. The van der Waals surface area contributed by atoms with Gasteiger partial charge in [-0.05, 0) is 49.4 Å². The van der Waals surface area contributed by atoms with Gasteiger partial charge in [-0.1, -0.05) is 121 Å². The van der Waals surface area contributed by atoms with Crippen LogP contribution in [0.3, 0.4) is 0 Å². The molecule has 0 atom stereocenters. The zero-order valence-corrected chi connectivity index (χ0v) is 20.9. The van der Waals surface area contributed by atoms with Crippen LogP contribution >= 0.6 is 15.8 Å². The quantitative estimate of drug-likeness (QED) is 0.167. The van der Waals surface area contributed by atoms with E-state index in [1.165, 1.54) is 33.5 Å². The molecular formula is C28H30NiP2. The first-order valence-corrected chi connectivity index (χ1v) is 12.7. The molecular weight excluding hydrogens is 457 g/mol. The molecule has 4 rings (SSSR count). The molecule has 0 amide bonds. The van der Waals surface area contributed by atoms with E-state index in [2.05, 4.69) is 121 Å². The summed E-state index contributed by atoms with van der Waals surface area (Å²) in [5.74, 6) is 0. The van der Waals surface area contributed by atoms with Gasteiger partial charge >= 0.3 is 16.5 Å². The molecule has 4 aromatic carbocycles. The molecule has 0 saturated heterocycles. The largest absolute Gasteiger partial charge is 2.00 e. The summed E-state index contributed by atoms with van der Waals surface area (Å²) in [6.45, 7) is 0. The Balaban J connectivity index is 0.00000160. The molecule has 0 nitrogen and oxygen atoms in total. The van der Waals surface area contributed by atoms with Gasteiger partial charge in [-0.15, -0.1) is 0 Å². The summed E-state index contributed by atoms with van der Waals surface area (Å²) in [5.41, 5.74) is 0. The molecule has 0 saturated carbocycles. The molecule has 0 aliphatic carbocycles. The molecule has 0 aromatic heterocycles. The van der Waals surface area contributed by atoms with Crippen molar-refractivity contribution in [3.63, 3.8) is 0 Å². The van der Waals surface area contributed by atoms with Gasteiger partial charge in [-0.2, -0.15) is 0 Å². The van der Waals surface area contributed by atoms with Crippen LogP contribution in [-0.4, -0.2) is 12.3 Å². The van der Waals surface area contributed by atoms with Gasteiger partial charge in [0, 0.05) is 0 Å². The Morgan fingerprint density at radius 3 is 0.742 bits per heavy atom. The molecule has 3 heteroatoms. The molecule has 0 spiro atoms. The summed E-state index contributed by atoms with van der Waals surface area (Å²) >= 11 is 0. The predicted molar refractivity (Wildman–Crippen MR) is 141 cm³/mol. The molecule has 0 N–H and O–H groups in total. The van der Waals surface area contributed by atoms with Gasteiger partial charge in [0.25, 0.3) is 0 Å². The first-order valence-electron chi connectivity index (χ1n) is 9.67. The van der Waals surface area contributed by atoms with Crippen LogP contribution in [0.15, 0.2) is 121 Å². The second kappa shape index (κ2) is 14.3. The van der Waals surface area contributed by atoms with Crippen LogP contribution in [0.25, 0.3) is 0 Å². The third-order valence-corrected chi connectivity index (χ3v) is 10.2. The molecule has 4 aromatic rings. The molecule has 31 heavy (non-hydrogen) atoms. The van der Waals surface area contributed by atoms with Gasteiger partial charge in [0.15, 0.2) is 0 Å². The van der Waals surface area contributed by atoms with Crippen LogP contribution in [0.2, 0.25) is 0 Å². The Kier molecular flexibility index (Phi) is 12.6. The maximum atomic E-state index is 2.30. The SMILES string of the molecule is [CH3-].[CH3-].[Ni+2].c1ccc(P(CCP(c2ccccc2)c2ccccc2)c2ccccc2)cc1. The van der Waals surface area contributed by atoms with Gasteiger partial charge < -0.3 is 14.9 Å². The first kappa shape index (κ1) is 27.3. The molecule has 0 heterocycles. The molecule has 0 aliphatic rings. The summed E-state index contributed by atoms with van der Waals surface area (Å²) in [6, 6.07) is 44.2. The van der Waals surface area contributed by atoms with E-state index in [-0.39, 0.29) is 47.2 Å². The average Bonchev–Trinajstić information content (AvgIpc) is 2.79. The minimum Gasteiger partial charge on any atom is -0.358 e. The van der Waals surface area contributed by atoms with Gasteiger partial charge in [-0.3, -0.25) is 0 Å². The molecule has 162 valence electrons. The minimum atomic E-state index is -0.348. The van der Waals surface area contributed by atoms with Crippen molar-refractivity contribution in [2.24, 2.45) is 0 Å². The van der Waals surface area contributed by atoms with E-state index in [0.29, 0.717) is 0 Å². The second-order valence-corrected chi connectivity index (χ2v) is 11.3. The summed E-state index contributed by atoms with van der Waals surface area (Å²) in [5, 5.41) is 5.89. The van der Waals surface area contributed by atoms with E-state index in [1.54, 1.807) is 0 Å². The molecule has 0 fully saturated rings. The number of rotatable bonds is 7. The van der Waals surface area contributed by atoms with E-state index >= 15 is 0 Å². The number of hydrogen-bond donors (Lipinski definition) is 0. The van der Waals surface area contributed by atoms with Crippen LogP contribution in [0.5, 0.6) is 0 Å². The van der Waals surface area contributed by atoms with E-state index in [0.717, 1.165) is 0 Å². The van der Waals surface area contributed by atoms with Gasteiger partial charge in [0.2, 0.25) is 0 Å². The fourth-order valence-corrected chi connectivity index (χ4v) is 8.80. The normalized spacial score (nSPS) is 10.0. The van der Waals surface area contributed by atoms with Crippen molar-refractivity contribution >= 4 is 37.1 Å². The molecule has 0 aliphatic heterocycles. The van der Waals surface area contributed by atoms with Crippen LogP contribution in [-0.2, 0) is 16.5 Å². The summed E-state index contributed by atoms with van der Waals surface area (Å²) in [6.07, 6.45) is 2.41. The molecule has 0 bridgehead atoms. The Labute approximate surface area is 201 Å². The molecule has 0 unspecified atom stereocenters. The van der Waals surface area contributed by atoms with E-state index < -0.39 is 0 Å². The summed E-state index contributed by atoms with van der Waals surface area (Å²) < 4.78 is 0. The van der Waals surface area contributed by atoms with Crippen LogP contribution in [0.1, 0.15) is 0 Å².